The van der Waals surface area contributed by atoms with Crippen molar-refractivity contribution in [2.45, 2.75) is 0 Å². The fraction of sp³-hybridized carbons (Fsp3) is 0.0435. The van der Waals surface area contributed by atoms with E-state index < -0.39 is 0 Å². The van der Waals surface area contributed by atoms with Gasteiger partial charge in [-0.2, -0.15) is 0 Å². The average Bonchev–Trinajstić information content (AvgIpc) is 3.49. The van der Waals surface area contributed by atoms with Gasteiger partial charge in [0.15, 0.2) is 0 Å². The Kier molecular flexibility index (Phi) is 5.01. The van der Waals surface area contributed by atoms with Gasteiger partial charge in [-0.25, -0.2) is 0 Å². The molecular weight excluding hydrogens is 569 g/mol. The maximum absolute atomic E-state index is 6.35. The highest BCUT2D eigenvalue weighted by Gasteiger charge is 2.40. The number of fused-ring (bicyclic) bond motifs is 7. The molecule has 0 fully saturated rings. The Hall–Kier alpha value is -5.92. The molecule has 2 unspecified atom stereocenters. The van der Waals surface area contributed by atoms with Crippen molar-refractivity contribution < 1.29 is 4.42 Å². The highest BCUT2D eigenvalue weighted by Crippen LogP contribution is 2.54. The molecule has 4 aliphatic rings. The molecule has 0 saturated carbocycles. The number of rotatable bonds is 2. The van der Waals surface area contributed by atoms with E-state index in [0.29, 0.717) is 0 Å². The highest BCUT2D eigenvalue weighted by molar-refractivity contribution is 6.14. The van der Waals surface area contributed by atoms with Crippen molar-refractivity contribution in [2.75, 3.05) is 0 Å². The summed E-state index contributed by atoms with van der Waals surface area (Å²) >= 11 is 0. The van der Waals surface area contributed by atoms with E-state index in [9.17, 15) is 0 Å². The van der Waals surface area contributed by atoms with Crippen LogP contribution in [0.25, 0.3) is 65.4 Å². The van der Waals surface area contributed by atoms with Crippen LogP contribution < -0.4 is 0 Å². The summed E-state index contributed by atoms with van der Waals surface area (Å²) in [5.74, 6) is 0.562. The van der Waals surface area contributed by atoms with Crippen molar-refractivity contribution in [2.24, 2.45) is 11.8 Å². The molecule has 1 heteroatoms. The summed E-state index contributed by atoms with van der Waals surface area (Å²) in [4.78, 5) is 0. The number of furan rings is 1. The SMILES string of the molecule is C1=CC2=C(c3ccc4oc5cc6ccccc6cc5c4c3)C=CC3=CC=C4C(c5cc6ccccc6c6ccccc56)=CC=C1C4C32. The van der Waals surface area contributed by atoms with Gasteiger partial charge in [-0.05, 0) is 107 Å². The van der Waals surface area contributed by atoms with Crippen molar-refractivity contribution in [1.29, 1.82) is 0 Å². The molecule has 0 saturated heterocycles. The molecule has 0 bridgehead atoms. The Bertz CT molecular complexity index is 2780. The van der Waals surface area contributed by atoms with E-state index in [0.717, 1.165) is 11.2 Å². The van der Waals surface area contributed by atoms with Crippen LogP contribution in [0.5, 0.6) is 0 Å². The summed E-state index contributed by atoms with van der Waals surface area (Å²) in [6, 6.07) is 39.7. The number of benzene rings is 6. The average molecular weight is 597 g/mol. The summed E-state index contributed by atoms with van der Waals surface area (Å²) < 4.78 is 6.35. The van der Waals surface area contributed by atoms with Crippen molar-refractivity contribution >= 4 is 65.4 Å². The third kappa shape index (κ3) is 3.54. The highest BCUT2D eigenvalue weighted by atomic mass is 16.3. The molecule has 1 aromatic heterocycles. The first-order chi connectivity index (χ1) is 23.3. The van der Waals surface area contributed by atoms with Crippen LogP contribution in [0.3, 0.4) is 0 Å². The van der Waals surface area contributed by atoms with Crippen LogP contribution in [0.2, 0.25) is 0 Å². The Balaban J connectivity index is 1.07. The number of allylic oxidation sites excluding steroid dienone is 14. The van der Waals surface area contributed by atoms with E-state index in [-0.39, 0.29) is 11.8 Å². The van der Waals surface area contributed by atoms with E-state index in [1.165, 1.54) is 87.7 Å². The van der Waals surface area contributed by atoms with Crippen LogP contribution in [-0.4, -0.2) is 0 Å². The maximum Gasteiger partial charge on any atom is 0.136 e. The largest absolute Gasteiger partial charge is 0.456 e. The van der Waals surface area contributed by atoms with Gasteiger partial charge < -0.3 is 4.42 Å². The molecule has 0 amide bonds. The first kappa shape index (κ1) is 25.3. The van der Waals surface area contributed by atoms with Crippen LogP contribution in [0.1, 0.15) is 11.1 Å². The first-order valence-electron chi connectivity index (χ1n) is 16.5. The van der Waals surface area contributed by atoms with E-state index in [1.807, 2.05) is 0 Å². The number of hydrogen-bond donors (Lipinski definition) is 0. The minimum Gasteiger partial charge on any atom is -0.456 e. The molecule has 2 atom stereocenters. The van der Waals surface area contributed by atoms with Crippen LogP contribution in [-0.2, 0) is 0 Å². The van der Waals surface area contributed by atoms with Crippen LogP contribution in [0, 0.1) is 11.8 Å². The monoisotopic (exact) mass is 596 g/mol. The molecule has 0 aliphatic heterocycles. The first-order valence-corrected chi connectivity index (χ1v) is 16.5. The summed E-state index contributed by atoms with van der Waals surface area (Å²) in [6.07, 6.45) is 18.9. The molecule has 11 rings (SSSR count). The molecule has 218 valence electrons. The Morgan fingerprint density at radius 3 is 2.04 bits per heavy atom. The summed E-state index contributed by atoms with van der Waals surface area (Å²) in [6.45, 7) is 0. The lowest BCUT2D eigenvalue weighted by molar-refractivity contribution is 0.569. The third-order valence-corrected chi connectivity index (χ3v) is 10.8. The summed E-state index contributed by atoms with van der Waals surface area (Å²) in [7, 11) is 0. The standard InChI is InChI=1S/C46H28O/c1-2-8-30-26-44-42(23-29(30)7-1)41-25-32(17-22-43(41)47-44)34-18-13-27-16-21-39-37(19-14-28-15-20-38(34)45(27)46(28)39)40-24-31-9-3-4-10-33(31)35-11-5-6-12-36(35)40/h1-26,45-46H. The molecule has 0 spiro atoms. The normalized spacial score (nSPS) is 19.7. The van der Waals surface area contributed by atoms with Gasteiger partial charge in [0, 0.05) is 22.6 Å². The second kappa shape index (κ2) is 9.31. The predicted molar refractivity (Wildman–Crippen MR) is 197 cm³/mol. The quantitative estimate of drug-likeness (QED) is 0.181. The van der Waals surface area contributed by atoms with Crippen LogP contribution in [0.15, 0.2) is 185 Å². The van der Waals surface area contributed by atoms with Crippen molar-refractivity contribution in [1.82, 2.24) is 0 Å². The van der Waals surface area contributed by atoms with Crippen LogP contribution >= 0.6 is 0 Å². The van der Waals surface area contributed by atoms with Gasteiger partial charge in [0.1, 0.15) is 11.2 Å². The zero-order chi connectivity index (χ0) is 30.6. The Morgan fingerprint density at radius 1 is 0.447 bits per heavy atom. The van der Waals surface area contributed by atoms with Crippen molar-refractivity contribution in [3.05, 3.63) is 191 Å². The van der Waals surface area contributed by atoms with Gasteiger partial charge in [-0.15, -0.1) is 0 Å². The molecule has 7 aromatic rings. The maximum atomic E-state index is 6.35. The van der Waals surface area contributed by atoms with Gasteiger partial charge in [-0.1, -0.05) is 127 Å². The molecular formula is C46H28O. The Labute approximate surface area is 272 Å². The zero-order valence-corrected chi connectivity index (χ0v) is 25.6. The third-order valence-electron chi connectivity index (χ3n) is 10.8. The molecule has 1 heterocycles. The topological polar surface area (TPSA) is 13.1 Å². The molecule has 0 N–H and O–H groups in total. The van der Waals surface area contributed by atoms with E-state index in [1.54, 1.807) is 0 Å². The van der Waals surface area contributed by atoms with Crippen molar-refractivity contribution in [3.63, 3.8) is 0 Å². The zero-order valence-electron chi connectivity index (χ0n) is 25.6. The lowest BCUT2D eigenvalue weighted by Gasteiger charge is -2.42. The van der Waals surface area contributed by atoms with Gasteiger partial charge >= 0.3 is 0 Å². The smallest absolute Gasteiger partial charge is 0.136 e. The predicted octanol–water partition coefficient (Wildman–Crippen LogP) is 12.1. The second-order valence-corrected chi connectivity index (χ2v) is 13.2. The molecule has 1 nitrogen and oxygen atoms in total. The van der Waals surface area contributed by atoms with Gasteiger partial charge in [0.2, 0.25) is 0 Å². The lowest BCUT2D eigenvalue weighted by Crippen LogP contribution is -2.30. The second-order valence-electron chi connectivity index (χ2n) is 13.2. The van der Waals surface area contributed by atoms with Gasteiger partial charge in [-0.3, -0.25) is 0 Å². The molecule has 6 aromatic carbocycles. The number of hydrogen-bond acceptors (Lipinski definition) is 1. The van der Waals surface area contributed by atoms with Gasteiger partial charge in [0.25, 0.3) is 0 Å². The van der Waals surface area contributed by atoms with E-state index in [4.69, 9.17) is 4.42 Å². The minimum absolute atomic E-state index is 0.280. The van der Waals surface area contributed by atoms with E-state index >= 15 is 0 Å². The lowest BCUT2D eigenvalue weighted by atomic mass is 9.61. The fourth-order valence-corrected chi connectivity index (χ4v) is 8.69. The summed E-state index contributed by atoms with van der Waals surface area (Å²) in [5, 5.41) is 9.99. The van der Waals surface area contributed by atoms with Gasteiger partial charge in [0.05, 0.1) is 0 Å². The minimum atomic E-state index is 0.280. The van der Waals surface area contributed by atoms with E-state index in [2.05, 4.69) is 158 Å². The van der Waals surface area contributed by atoms with Crippen molar-refractivity contribution in [3.8, 4) is 0 Å². The summed E-state index contributed by atoms with van der Waals surface area (Å²) in [5.41, 5.74) is 12.6. The molecule has 4 aliphatic carbocycles. The fourth-order valence-electron chi connectivity index (χ4n) is 8.69. The molecule has 0 radical (unpaired) electrons. The molecule has 47 heavy (non-hydrogen) atoms. The Morgan fingerprint density at radius 2 is 1.15 bits per heavy atom. The van der Waals surface area contributed by atoms with Crippen LogP contribution in [0.4, 0.5) is 0 Å².